The first-order chi connectivity index (χ1) is 15.8. The van der Waals surface area contributed by atoms with E-state index in [1.54, 1.807) is 18.2 Å². The molecular weight excluding hydrogens is 448 g/mol. The van der Waals surface area contributed by atoms with Crippen LogP contribution in [0.15, 0.2) is 42.5 Å². The number of rotatable bonds is 8. The van der Waals surface area contributed by atoms with E-state index in [2.05, 4.69) is 55.7 Å². The second-order valence-electron chi connectivity index (χ2n) is 10.5. The number of ether oxygens (including phenoxy) is 2. The van der Waals surface area contributed by atoms with Crippen LogP contribution in [0.2, 0.25) is 0 Å². The summed E-state index contributed by atoms with van der Waals surface area (Å²) in [6.07, 6.45) is 0.742. The van der Waals surface area contributed by atoms with Gasteiger partial charge < -0.3 is 25.2 Å². The molecule has 0 amide bonds. The van der Waals surface area contributed by atoms with Gasteiger partial charge in [0, 0.05) is 13.0 Å². The molecule has 0 aliphatic rings. The molecule has 34 heavy (non-hydrogen) atoms. The molecule has 0 fully saturated rings. The molecule has 0 saturated carbocycles. The molecule has 7 heteroatoms. The fourth-order valence-corrected chi connectivity index (χ4v) is 3.35. The Labute approximate surface area is 209 Å². The zero-order valence-electron chi connectivity index (χ0n) is 21.3. The molecule has 0 radical (unpaired) electrons. The van der Waals surface area contributed by atoms with Crippen LogP contribution >= 0.6 is 12.2 Å². The average Bonchev–Trinajstić information content (AvgIpc) is 2.75. The van der Waals surface area contributed by atoms with E-state index in [1.165, 1.54) is 18.2 Å². The molecule has 0 bridgehead atoms. The molecule has 2 aromatic carbocycles. The summed E-state index contributed by atoms with van der Waals surface area (Å²) >= 11 is 5.46. The third-order valence-electron chi connectivity index (χ3n) is 5.37. The van der Waals surface area contributed by atoms with Crippen LogP contribution in [0.3, 0.4) is 0 Å². The molecule has 3 N–H and O–H groups in total. The summed E-state index contributed by atoms with van der Waals surface area (Å²) in [6, 6.07) is 13.6. The third kappa shape index (κ3) is 8.52. The van der Waals surface area contributed by atoms with Crippen LogP contribution in [0.4, 0.5) is 0 Å². The number of methoxy groups -OCH3 is 1. The smallest absolute Gasteiger partial charge is 0.313 e. The minimum absolute atomic E-state index is 0.0802. The second-order valence-corrected chi connectivity index (χ2v) is 10.9. The van der Waals surface area contributed by atoms with Crippen LogP contribution in [-0.2, 0) is 27.9 Å². The molecule has 0 spiro atoms. The number of aromatic hydroxyl groups is 1. The number of carbonyl (C=O) groups is 1. The van der Waals surface area contributed by atoms with E-state index in [4.69, 9.17) is 21.7 Å². The average molecular weight is 487 g/mol. The molecule has 1 atom stereocenters. The Hall–Kier alpha value is -2.80. The van der Waals surface area contributed by atoms with Crippen molar-refractivity contribution in [2.24, 2.45) is 5.41 Å². The van der Waals surface area contributed by atoms with Crippen molar-refractivity contribution in [1.29, 1.82) is 0 Å². The summed E-state index contributed by atoms with van der Waals surface area (Å²) in [5.41, 5.74) is 2.82. The van der Waals surface area contributed by atoms with Crippen LogP contribution in [0.5, 0.6) is 11.5 Å². The number of carbonyl (C=O) groups excluding carboxylic acids is 1. The van der Waals surface area contributed by atoms with Crippen LogP contribution < -0.4 is 15.4 Å². The van der Waals surface area contributed by atoms with Crippen molar-refractivity contribution in [3.05, 3.63) is 59.2 Å². The highest BCUT2D eigenvalue weighted by Gasteiger charge is 2.26. The van der Waals surface area contributed by atoms with Gasteiger partial charge in [0.2, 0.25) is 0 Å². The Kier molecular flexibility index (Phi) is 9.33. The summed E-state index contributed by atoms with van der Waals surface area (Å²) in [6.45, 7) is 12.5. The first kappa shape index (κ1) is 27.4. The van der Waals surface area contributed by atoms with E-state index in [9.17, 15) is 9.90 Å². The van der Waals surface area contributed by atoms with Crippen LogP contribution in [0.25, 0.3) is 0 Å². The van der Waals surface area contributed by atoms with Gasteiger partial charge in [0.1, 0.15) is 0 Å². The van der Waals surface area contributed by atoms with Crippen molar-refractivity contribution in [2.75, 3.05) is 7.11 Å². The number of phenolic OH excluding ortho intramolecular Hbond substituents is 1. The van der Waals surface area contributed by atoms with Gasteiger partial charge in [-0.2, -0.15) is 0 Å². The Morgan fingerprint density at radius 1 is 1.03 bits per heavy atom. The highest BCUT2D eigenvalue weighted by molar-refractivity contribution is 7.80. The predicted octanol–water partition coefficient (Wildman–Crippen LogP) is 5.21. The molecular formula is C27H38N2O4S. The Bertz CT molecular complexity index is 976. The molecule has 0 aliphatic carbocycles. The zero-order valence-corrected chi connectivity index (χ0v) is 22.1. The monoisotopic (exact) mass is 486 g/mol. The summed E-state index contributed by atoms with van der Waals surface area (Å²) in [7, 11) is 1.50. The van der Waals surface area contributed by atoms with Gasteiger partial charge in [0.05, 0.1) is 12.5 Å². The fourth-order valence-electron chi connectivity index (χ4n) is 3.15. The standard InChI is InChI=1S/C27H38N2O4S/c1-26(2,3)20-12-8-18(9-13-20)11-15-23(33-24(31)27(4,5)6)29-25(34)28-17-19-10-14-21(30)22(16-19)32-7/h8-10,12-14,16,23,30H,11,15,17H2,1-7H3,(H2,28,29,34). The molecule has 1 unspecified atom stereocenters. The van der Waals surface area contributed by atoms with Crippen LogP contribution in [0, 0.1) is 5.41 Å². The number of nitrogens with one attached hydrogen (secondary N) is 2. The SMILES string of the molecule is COc1cc(CNC(=S)NC(CCc2ccc(C(C)(C)C)cc2)OC(=O)C(C)(C)C)ccc1O. The number of aryl methyl sites for hydroxylation is 1. The number of hydrogen-bond donors (Lipinski definition) is 3. The number of thiocarbonyl (C=S) groups is 1. The quantitative estimate of drug-likeness (QED) is 0.268. The van der Waals surface area contributed by atoms with Crippen molar-refractivity contribution in [3.63, 3.8) is 0 Å². The van der Waals surface area contributed by atoms with E-state index in [1.807, 2.05) is 20.8 Å². The van der Waals surface area contributed by atoms with Gasteiger partial charge in [-0.25, -0.2) is 0 Å². The molecule has 0 aromatic heterocycles. The number of phenols is 1. The van der Waals surface area contributed by atoms with Crippen LogP contribution in [-0.4, -0.2) is 29.5 Å². The maximum absolute atomic E-state index is 12.5. The summed E-state index contributed by atoms with van der Waals surface area (Å²) in [5, 5.41) is 16.4. The van der Waals surface area contributed by atoms with E-state index in [-0.39, 0.29) is 17.1 Å². The molecule has 0 aliphatic heterocycles. The van der Waals surface area contributed by atoms with Gasteiger partial charge in [-0.3, -0.25) is 4.79 Å². The van der Waals surface area contributed by atoms with Crippen molar-refractivity contribution in [3.8, 4) is 11.5 Å². The minimum Gasteiger partial charge on any atom is -0.504 e. The van der Waals surface area contributed by atoms with Crippen molar-refractivity contribution < 1.29 is 19.4 Å². The highest BCUT2D eigenvalue weighted by atomic mass is 32.1. The molecule has 0 saturated heterocycles. The first-order valence-electron chi connectivity index (χ1n) is 11.5. The van der Waals surface area contributed by atoms with E-state index < -0.39 is 11.6 Å². The molecule has 2 rings (SSSR count). The lowest BCUT2D eigenvalue weighted by molar-refractivity contribution is -0.159. The topological polar surface area (TPSA) is 79.8 Å². The lowest BCUT2D eigenvalue weighted by Crippen LogP contribution is -2.45. The third-order valence-corrected chi connectivity index (χ3v) is 5.63. The van der Waals surface area contributed by atoms with Gasteiger partial charge in [-0.15, -0.1) is 0 Å². The maximum Gasteiger partial charge on any atom is 0.313 e. The summed E-state index contributed by atoms with van der Waals surface area (Å²) in [5.74, 6) is 0.184. The molecule has 186 valence electrons. The van der Waals surface area contributed by atoms with Gasteiger partial charge in [0.25, 0.3) is 0 Å². The lowest BCUT2D eigenvalue weighted by atomic mass is 9.86. The largest absolute Gasteiger partial charge is 0.504 e. The molecule has 2 aromatic rings. The van der Waals surface area contributed by atoms with Crippen LogP contribution in [0.1, 0.15) is 64.7 Å². The number of hydrogen-bond acceptors (Lipinski definition) is 5. The van der Waals surface area contributed by atoms with E-state index in [0.29, 0.717) is 23.8 Å². The minimum atomic E-state index is -0.619. The van der Waals surface area contributed by atoms with Crippen molar-refractivity contribution in [1.82, 2.24) is 10.6 Å². The zero-order chi connectivity index (χ0) is 25.5. The van der Waals surface area contributed by atoms with Gasteiger partial charge in [0.15, 0.2) is 22.8 Å². The van der Waals surface area contributed by atoms with E-state index in [0.717, 1.165) is 12.0 Å². The lowest BCUT2D eigenvalue weighted by Gasteiger charge is -2.25. The van der Waals surface area contributed by atoms with Crippen molar-refractivity contribution >= 4 is 23.3 Å². The number of benzene rings is 2. The Morgan fingerprint density at radius 3 is 2.21 bits per heavy atom. The first-order valence-corrected chi connectivity index (χ1v) is 11.9. The van der Waals surface area contributed by atoms with E-state index >= 15 is 0 Å². The molecule has 0 heterocycles. The Balaban J connectivity index is 2.01. The summed E-state index contributed by atoms with van der Waals surface area (Å²) in [4.78, 5) is 12.5. The van der Waals surface area contributed by atoms with Gasteiger partial charge in [-0.05, 0) is 73.6 Å². The predicted molar refractivity (Wildman–Crippen MR) is 140 cm³/mol. The van der Waals surface area contributed by atoms with Crippen molar-refractivity contribution in [2.45, 2.75) is 72.6 Å². The van der Waals surface area contributed by atoms with Gasteiger partial charge in [-0.1, -0.05) is 51.1 Å². The Morgan fingerprint density at radius 2 is 1.65 bits per heavy atom. The normalized spacial score (nSPS) is 12.6. The number of esters is 1. The molecule has 6 nitrogen and oxygen atoms in total. The maximum atomic E-state index is 12.5. The summed E-state index contributed by atoms with van der Waals surface area (Å²) < 4.78 is 10.9. The fraction of sp³-hybridized carbons (Fsp3) is 0.481. The second kappa shape index (κ2) is 11.6. The van der Waals surface area contributed by atoms with Gasteiger partial charge >= 0.3 is 5.97 Å². The highest BCUT2D eigenvalue weighted by Crippen LogP contribution is 2.26.